The lowest BCUT2D eigenvalue weighted by Crippen LogP contribution is -2.18. The number of nitrogens with two attached hydrogens (primary N) is 1. The minimum Gasteiger partial charge on any atom is -0.328 e. The molecule has 0 heterocycles. The summed E-state index contributed by atoms with van der Waals surface area (Å²) in [5, 5.41) is 8.83. The van der Waals surface area contributed by atoms with Gasteiger partial charge in [-0.15, -0.1) is 0 Å². The molecule has 14 heavy (non-hydrogen) atoms. The van der Waals surface area contributed by atoms with Crippen LogP contribution in [0.5, 0.6) is 0 Å². The molecule has 1 aromatic rings. The van der Waals surface area contributed by atoms with Gasteiger partial charge in [0.1, 0.15) is 0 Å². The Hall–Kier alpha value is -1.33. The van der Waals surface area contributed by atoms with Crippen LogP contribution in [0.1, 0.15) is 29.2 Å². The van der Waals surface area contributed by atoms with Gasteiger partial charge >= 0.3 is 0 Å². The highest BCUT2D eigenvalue weighted by atomic mass is 14.6. The summed E-state index contributed by atoms with van der Waals surface area (Å²) in [6.45, 7) is 6.09. The van der Waals surface area contributed by atoms with Crippen LogP contribution in [0.4, 0.5) is 0 Å². The zero-order chi connectivity index (χ0) is 10.7. The zero-order valence-electron chi connectivity index (χ0n) is 8.96. The molecule has 2 heteroatoms. The molecule has 0 radical (unpaired) electrons. The number of rotatable bonds is 2. The van der Waals surface area contributed by atoms with E-state index in [1.165, 1.54) is 16.7 Å². The molecule has 0 aromatic heterocycles. The Morgan fingerprint density at radius 2 is 2.07 bits per heavy atom. The fraction of sp³-hybridized carbons (Fsp3) is 0.417. The SMILES string of the molecule is Cc1cc(C#N)cc(CC(C)N)c1C. The van der Waals surface area contributed by atoms with Gasteiger partial charge in [0.15, 0.2) is 0 Å². The normalized spacial score (nSPS) is 12.2. The number of nitrogens with zero attached hydrogens (tertiary/aromatic N) is 1. The second-order valence-corrected chi connectivity index (χ2v) is 3.87. The van der Waals surface area contributed by atoms with E-state index in [1.807, 2.05) is 26.0 Å². The van der Waals surface area contributed by atoms with Crippen LogP contribution in [-0.4, -0.2) is 6.04 Å². The third-order valence-electron chi connectivity index (χ3n) is 2.45. The summed E-state index contributed by atoms with van der Waals surface area (Å²) < 4.78 is 0. The van der Waals surface area contributed by atoms with Gasteiger partial charge in [-0.2, -0.15) is 5.26 Å². The summed E-state index contributed by atoms with van der Waals surface area (Å²) in [5.41, 5.74) is 10.1. The predicted molar refractivity (Wildman–Crippen MR) is 58.0 cm³/mol. The molecule has 1 unspecified atom stereocenters. The molecule has 1 rings (SSSR count). The molecule has 0 saturated carbocycles. The minimum absolute atomic E-state index is 0.141. The van der Waals surface area contributed by atoms with Crippen LogP contribution < -0.4 is 5.73 Å². The van der Waals surface area contributed by atoms with Crippen LogP contribution in [0.2, 0.25) is 0 Å². The van der Waals surface area contributed by atoms with Gasteiger partial charge < -0.3 is 5.73 Å². The Kier molecular flexibility index (Phi) is 3.27. The average Bonchev–Trinajstić information content (AvgIpc) is 2.11. The zero-order valence-corrected chi connectivity index (χ0v) is 8.96. The standard InChI is InChI=1S/C12H16N2/c1-8-4-11(7-13)6-12(10(8)3)5-9(2)14/h4,6,9H,5,14H2,1-3H3. The molecule has 1 aromatic carbocycles. The van der Waals surface area contributed by atoms with E-state index in [4.69, 9.17) is 11.0 Å². The number of nitriles is 1. The van der Waals surface area contributed by atoms with E-state index in [9.17, 15) is 0 Å². The lowest BCUT2D eigenvalue weighted by atomic mass is 9.96. The van der Waals surface area contributed by atoms with E-state index in [0.29, 0.717) is 0 Å². The highest BCUT2D eigenvalue weighted by Gasteiger charge is 2.06. The van der Waals surface area contributed by atoms with Gasteiger partial charge in [-0.1, -0.05) is 0 Å². The monoisotopic (exact) mass is 188 g/mol. The first kappa shape index (κ1) is 10.7. The third kappa shape index (κ3) is 2.34. The van der Waals surface area contributed by atoms with Crippen molar-refractivity contribution in [3.05, 3.63) is 34.4 Å². The van der Waals surface area contributed by atoms with Crippen molar-refractivity contribution >= 4 is 0 Å². The molecule has 0 spiro atoms. The van der Waals surface area contributed by atoms with E-state index in [0.717, 1.165) is 12.0 Å². The topological polar surface area (TPSA) is 49.8 Å². The van der Waals surface area contributed by atoms with Crippen LogP contribution in [0.3, 0.4) is 0 Å². The number of aryl methyl sites for hydroxylation is 1. The van der Waals surface area contributed by atoms with E-state index in [2.05, 4.69) is 13.0 Å². The van der Waals surface area contributed by atoms with Crippen molar-refractivity contribution in [2.45, 2.75) is 33.2 Å². The Labute approximate surface area is 85.4 Å². The maximum Gasteiger partial charge on any atom is 0.0991 e. The molecule has 0 aliphatic carbocycles. The summed E-state index contributed by atoms with van der Waals surface area (Å²) >= 11 is 0. The molecular weight excluding hydrogens is 172 g/mol. The lowest BCUT2D eigenvalue weighted by molar-refractivity contribution is 0.734. The van der Waals surface area contributed by atoms with Gasteiger partial charge in [-0.3, -0.25) is 0 Å². The summed E-state index contributed by atoms with van der Waals surface area (Å²) in [7, 11) is 0. The molecule has 0 fully saturated rings. The summed E-state index contributed by atoms with van der Waals surface area (Å²) in [6, 6.07) is 6.16. The maximum absolute atomic E-state index is 8.83. The Morgan fingerprint density at radius 3 is 2.57 bits per heavy atom. The van der Waals surface area contributed by atoms with Gasteiger partial charge in [-0.05, 0) is 56.0 Å². The van der Waals surface area contributed by atoms with Crippen LogP contribution in [0.25, 0.3) is 0 Å². The van der Waals surface area contributed by atoms with Gasteiger partial charge in [0.2, 0.25) is 0 Å². The second-order valence-electron chi connectivity index (χ2n) is 3.87. The first-order chi connectivity index (χ1) is 6.54. The smallest absolute Gasteiger partial charge is 0.0991 e. The van der Waals surface area contributed by atoms with Crippen LogP contribution >= 0.6 is 0 Å². The van der Waals surface area contributed by atoms with Crippen molar-refractivity contribution in [1.29, 1.82) is 5.26 Å². The van der Waals surface area contributed by atoms with Gasteiger partial charge in [0.05, 0.1) is 11.6 Å². The molecule has 2 nitrogen and oxygen atoms in total. The van der Waals surface area contributed by atoms with Gasteiger partial charge in [0, 0.05) is 6.04 Å². The highest BCUT2D eigenvalue weighted by molar-refractivity contribution is 5.43. The van der Waals surface area contributed by atoms with Crippen LogP contribution in [0, 0.1) is 25.2 Å². The molecule has 0 saturated heterocycles. The largest absolute Gasteiger partial charge is 0.328 e. The fourth-order valence-electron chi connectivity index (χ4n) is 1.56. The van der Waals surface area contributed by atoms with Gasteiger partial charge in [-0.25, -0.2) is 0 Å². The summed E-state index contributed by atoms with van der Waals surface area (Å²) in [5.74, 6) is 0. The average molecular weight is 188 g/mol. The van der Waals surface area contributed by atoms with E-state index in [1.54, 1.807) is 0 Å². The maximum atomic E-state index is 8.83. The molecule has 0 bridgehead atoms. The van der Waals surface area contributed by atoms with Crippen molar-refractivity contribution in [1.82, 2.24) is 0 Å². The minimum atomic E-state index is 0.141. The quantitative estimate of drug-likeness (QED) is 0.772. The lowest BCUT2D eigenvalue weighted by Gasteiger charge is -2.11. The molecule has 0 aliphatic heterocycles. The Bertz CT molecular complexity index is 373. The molecule has 74 valence electrons. The van der Waals surface area contributed by atoms with E-state index < -0.39 is 0 Å². The molecule has 0 aliphatic rings. The predicted octanol–water partition coefficient (Wildman–Crippen LogP) is 2.06. The van der Waals surface area contributed by atoms with E-state index in [-0.39, 0.29) is 6.04 Å². The molecule has 1 atom stereocenters. The molecule has 2 N–H and O–H groups in total. The van der Waals surface area contributed by atoms with Gasteiger partial charge in [0.25, 0.3) is 0 Å². The van der Waals surface area contributed by atoms with Crippen molar-refractivity contribution in [3.8, 4) is 6.07 Å². The van der Waals surface area contributed by atoms with Crippen molar-refractivity contribution in [2.24, 2.45) is 5.73 Å². The number of benzene rings is 1. The Morgan fingerprint density at radius 1 is 1.43 bits per heavy atom. The highest BCUT2D eigenvalue weighted by Crippen LogP contribution is 2.17. The number of hydrogen-bond acceptors (Lipinski definition) is 2. The first-order valence-electron chi connectivity index (χ1n) is 4.80. The molecular formula is C12H16N2. The summed E-state index contributed by atoms with van der Waals surface area (Å²) in [4.78, 5) is 0. The first-order valence-corrected chi connectivity index (χ1v) is 4.80. The van der Waals surface area contributed by atoms with Crippen molar-refractivity contribution < 1.29 is 0 Å². The van der Waals surface area contributed by atoms with Crippen molar-refractivity contribution in [3.63, 3.8) is 0 Å². The molecule has 0 amide bonds. The summed E-state index contributed by atoms with van der Waals surface area (Å²) in [6.07, 6.45) is 0.836. The Balaban J connectivity index is 3.15. The number of hydrogen-bond donors (Lipinski definition) is 1. The second kappa shape index (κ2) is 4.26. The van der Waals surface area contributed by atoms with Crippen LogP contribution in [0.15, 0.2) is 12.1 Å². The van der Waals surface area contributed by atoms with Crippen LogP contribution in [-0.2, 0) is 6.42 Å². The fourth-order valence-corrected chi connectivity index (χ4v) is 1.56. The van der Waals surface area contributed by atoms with E-state index >= 15 is 0 Å². The van der Waals surface area contributed by atoms with Crippen molar-refractivity contribution in [2.75, 3.05) is 0 Å². The third-order valence-corrected chi connectivity index (χ3v) is 2.45.